The second-order valence-electron chi connectivity index (χ2n) is 4.61. The molecule has 2 rings (SSSR count). The predicted octanol–water partition coefficient (Wildman–Crippen LogP) is 5.16. The van der Waals surface area contributed by atoms with Crippen molar-refractivity contribution in [1.29, 1.82) is 0 Å². The Morgan fingerprint density at radius 3 is 2.29 bits per heavy atom. The van der Waals surface area contributed by atoms with E-state index < -0.39 is 23.6 Å². The van der Waals surface area contributed by atoms with Gasteiger partial charge in [0.2, 0.25) is 0 Å². The van der Waals surface area contributed by atoms with Gasteiger partial charge in [0.15, 0.2) is 5.16 Å². The Hall–Kier alpha value is -1.55. The minimum absolute atomic E-state index is 0.0525. The molecule has 0 fully saturated rings. The highest BCUT2D eigenvalue weighted by molar-refractivity contribution is 7.98. The number of aryl methyl sites for hydroxylation is 1. The van der Waals surface area contributed by atoms with Gasteiger partial charge in [-0.2, -0.15) is 26.3 Å². The first-order valence-electron chi connectivity index (χ1n) is 6.23. The maximum Gasteiger partial charge on any atom is 0.433 e. The molecule has 0 aromatic carbocycles. The van der Waals surface area contributed by atoms with Crippen molar-refractivity contribution in [2.75, 3.05) is 0 Å². The highest BCUT2D eigenvalue weighted by Gasteiger charge is 2.35. The smallest absolute Gasteiger partial charge is 0.263 e. The van der Waals surface area contributed by atoms with Crippen molar-refractivity contribution in [3.05, 3.63) is 46.0 Å². The number of pyridine rings is 1. The standard InChI is InChI=1S/C13H8ClF6N3S/c1-6-2-10(13(18,19)20)23-11(22-6)24-5-7-8(12(15,16)17)3-21-4-9(7)14/h2-4H,5H2,1H3. The van der Waals surface area contributed by atoms with Crippen LogP contribution in [0.5, 0.6) is 0 Å². The van der Waals surface area contributed by atoms with E-state index in [1.807, 2.05) is 0 Å². The van der Waals surface area contributed by atoms with Crippen LogP contribution in [0.4, 0.5) is 26.3 Å². The lowest BCUT2D eigenvalue weighted by Crippen LogP contribution is -2.11. The fourth-order valence-corrected chi connectivity index (χ4v) is 3.00. The highest BCUT2D eigenvalue weighted by Crippen LogP contribution is 2.37. The van der Waals surface area contributed by atoms with Crippen molar-refractivity contribution < 1.29 is 26.3 Å². The van der Waals surface area contributed by atoms with Crippen LogP contribution in [0, 0.1) is 6.92 Å². The number of hydrogen-bond donors (Lipinski definition) is 0. The molecule has 130 valence electrons. The Morgan fingerprint density at radius 1 is 1.04 bits per heavy atom. The molecule has 24 heavy (non-hydrogen) atoms. The summed E-state index contributed by atoms with van der Waals surface area (Å²) in [5.74, 6) is -0.350. The number of halogens is 7. The molecule has 0 bridgehead atoms. The molecule has 0 saturated carbocycles. The van der Waals surface area contributed by atoms with Crippen molar-refractivity contribution in [1.82, 2.24) is 15.0 Å². The van der Waals surface area contributed by atoms with Crippen LogP contribution >= 0.6 is 23.4 Å². The molecule has 0 aliphatic heterocycles. The van der Waals surface area contributed by atoms with Crippen molar-refractivity contribution in [2.24, 2.45) is 0 Å². The number of alkyl halides is 6. The summed E-state index contributed by atoms with van der Waals surface area (Å²) in [6, 6.07) is 0.755. The number of hydrogen-bond acceptors (Lipinski definition) is 4. The van der Waals surface area contributed by atoms with E-state index in [0.717, 1.165) is 12.3 Å². The molecular weight excluding hydrogens is 380 g/mol. The van der Waals surface area contributed by atoms with Gasteiger partial charge >= 0.3 is 12.4 Å². The van der Waals surface area contributed by atoms with Gasteiger partial charge in [-0.15, -0.1) is 0 Å². The van der Waals surface area contributed by atoms with Gasteiger partial charge in [0.05, 0.1) is 10.6 Å². The Bertz CT molecular complexity index is 747. The van der Waals surface area contributed by atoms with E-state index in [4.69, 9.17) is 11.6 Å². The molecule has 0 aliphatic carbocycles. The van der Waals surface area contributed by atoms with Gasteiger partial charge in [-0.3, -0.25) is 4.98 Å². The summed E-state index contributed by atoms with van der Waals surface area (Å²) in [7, 11) is 0. The van der Waals surface area contributed by atoms with Gasteiger partial charge in [-0.1, -0.05) is 23.4 Å². The molecule has 0 spiro atoms. The minimum atomic E-state index is -4.68. The summed E-state index contributed by atoms with van der Waals surface area (Å²) < 4.78 is 77.0. The molecule has 0 saturated heterocycles. The second-order valence-corrected chi connectivity index (χ2v) is 5.96. The Labute approximate surface area is 141 Å². The molecule has 11 heteroatoms. The van der Waals surface area contributed by atoms with Gasteiger partial charge < -0.3 is 0 Å². The van der Waals surface area contributed by atoms with E-state index in [-0.39, 0.29) is 27.2 Å². The van der Waals surface area contributed by atoms with Crippen molar-refractivity contribution in [3.8, 4) is 0 Å². The lowest BCUT2D eigenvalue weighted by atomic mass is 10.1. The Balaban J connectivity index is 2.31. The number of nitrogens with zero attached hydrogens (tertiary/aromatic N) is 3. The van der Waals surface area contributed by atoms with Gasteiger partial charge in [0.1, 0.15) is 5.69 Å². The Kier molecular flexibility index (Phi) is 5.28. The molecule has 0 unspecified atom stereocenters. The fraction of sp³-hybridized carbons (Fsp3) is 0.308. The van der Waals surface area contributed by atoms with Crippen LogP contribution in [-0.4, -0.2) is 15.0 Å². The summed E-state index contributed by atoms with van der Waals surface area (Å²) in [5, 5.41) is -0.524. The second kappa shape index (κ2) is 6.75. The number of rotatable bonds is 3. The molecule has 0 radical (unpaired) electrons. The molecule has 0 amide bonds. The van der Waals surface area contributed by atoms with E-state index in [0.29, 0.717) is 18.0 Å². The van der Waals surface area contributed by atoms with Crippen LogP contribution in [0.2, 0.25) is 5.02 Å². The quantitative estimate of drug-likeness (QED) is 0.414. The summed E-state index contributed by atoms with van der Waals surface area (Å²) >= 11 is 6.37. The molecule has 3 nitrogen and oxygen atoms in total. The van der Waals surface area contributed by atoms with Gasteiger partial charge in [-0.25, -0.2) is 9.97 Å². The maximum atomic E-state index is 13.0. The largest absolute Gasteiger partial charge is 0.433 e. The van der Waals surface area contributed by atoms with Gasteiger partial charge in [0, 0.05) is 23.8 Å². The minimum Gasteiger partial charge on any atom is -0.263 e. The zero-order valence-electron chi connectivity index (χ0n) is 11.8. The molecule has 0 N–H and O–H groups in total. The molecule has 2 aromatic rings. The SMILES string of the molecule is Cc1cc(C(F)(F)F)nc(SCc2c(Cl)cncc2C(F)(F)F)n1. The van der Waals surface area contributed by atoms with E-state index in [9.17, 15) is 26.3 Å². The molecular formula is C13H8ClF6N3S. The monoisotopic (exact) mass is 387 g/mol. The first-order chi connectivity index (χ1) is 11.0. The van der Waals surface area contributed by atoms with Crippen LogP contribution in [-0.2, 0) is 18.1 Å². The average Bonchev–Trinajstić information content (AvgIpc) is 2.43. The maximum absolute atomic E-state index is 13.0. The summed E-state index contributed by atoms with van der Waals surface area (Å²) in [6.07, 6.45) is -7.71. The van der Waals surface area contributed by atoms with E-state index in [1.165, 1.54) is 6.92 Å². The summed E-state index contributed by atoms with van der Waals surface area (Å²) in [6.45, 7) is 1.33. The third-order valence-corrected chi connectivity index (χ3v) is 3.98. The third-order valence-electron chi connectivity index (χ3n) is 2.78. The molecule has 2 heterocycles. The van der Waals surface area contributed by atoms with E-state index in [2.05, 4.69) is 15.0 Å². The average molecular weight is 388 g/mol. The highest BCUT2D eigenvalue weighted by atomic mass is 35.5. The topological polar surface area (TPSA) is 38.7 Å². The zero-order valence-corrected chi connectivity index (χ0v) is 13.4. The molecule has 0 aliphatic rings. The summed E-state index contributed by atoms with van der Waals surface area (Å²) in [5.41, 5.74) is -2.44. The number of thioether (sulfide) groups is 1. The van der Waals surface area contributed by atoms with Crippen LogP contribution in [0.3, 0.4) is 0 Å². The van der Waals surface area contributed by atoms with Crippen molar-refractivity contribution in [2.45, 2.75) is 30.2 Å². The molecule has 0 atom stereocenters. The van der Waals surface area contributed by atoms with E-state index in [1.54, 1.807) is 0 Å². The summed E-state index contributed by atoms with van der Waals surface area (Å²) in [4.78, 5) is 10.5. The van der Waals surface area contributed by atoms with Crippen LogP contribution in [0.15, 0.2) is 23.6 Å². The zero-order chi connectivity index (χ0) is 18.1. The number of aromatic nitrogens is 3. The fourth-order valence-electron chi connectivity index (χ4n) is 1.74. The van der Waals surface area contributed by atoms with Crippen LogP contribution in [0.1, 0.15) is 22.5 Å². The van der Waals surface area contributed by atoms with Gasteiger partial charge in [0.25, 0.3) is 0 Å². The van der Waals surface area contributed by atoms with Crippen LogP contribution < -0.4 is 0 Å². The first-order valence-corrected chi connectivity index (χ1v) is 7.60. The first kappa shape index (κ1) is 18.8. The van der Waals surface area contributed by atoms with Crippen molar-refractivity contribution in [3.63, 3.8) is 0 Å². The third kappa shape index (κ3) is 4.50. The lowest BCUT2D eigenvalue weighted by molar-refractivity contribution is -0.141. The van der Waals surface area contributed by atoms with Crippen molar-refractivity contribution >= 4 is 23.4 Å². The Morgan fingerprint density at radius 2 is 1.71 bits per heavy atom. The normalized spacial score (nSPS) is 12.5. The predicted molar refractivity (Wildman–Crippen MR) is 75.6 cm³/mol. The van der Waals surface area contributed by atoms with Crippen LogP contribution in [0.25, 0.3) is 0 Å². The van der Waals surface area contributed by atoms with E-state index >= 15 is 0 Å². The molecule has 2 aromatic heterocycles. The van der Waals surface area contributed by atoms with Gasteiger partial charge in [-0.05, 0) is 18.6 Å². The lowest BCUT2D eigenvalue weighted by Gasteiger charge is -2.13.